The molecule has 0 unspecified atom stereocenters. The number of aliphatic hydroxyl groups excluding tert-OH is 1. The van der Waals surface area contributed by atoms with E-state index in [4.69, 9.17) is 4.74 Å². The molecule has 0 amide bonds. The van der Waals surface area contributed by atoms with Crippen LogP contribution in [0.1, 0.15) is 18.6 Å². The van der Waals surface area contributed by atoms with E-state index in [0.717, 1.165) is 0 Å². The highest BCUT2D eigenvalue weighted by atomic mass is 19.1. The van der Waals surface area contributed by atoms with Crippen LogP contribution in [0.15, 0.2) is 18.2 Å². The molecule has 78 valence electrons. The molecule has 1 aromatic rings. The standard InChI is InChI=1S/C10H13FO3/c1-7(12)8-3-4-10(9(11)5-8)14-6-13-2/h3-5,7,12H,6H2,1-2H3/t7-/m0/s1. The van der Waals surface area contributed by atoms with Gasteiger partial charge in [0.15, 0.2) is 18.4 Å². The van der Waals surface area contributed by atoms with Gasteiger partial charge in [-0.05, 0) is 24.6 Å². The van der Waals surface area contributed by atoms with Crippen molar-refractivity contribution in [2.45, 2.75) is 13.0 Å². The van der Waals surface area contributed by atoms with Gasteiger partial charge in [-0.15, -0.1) is 0 Å². The summed E-state index contributed by atoms with van der Waals surface area (Å²) < 4.78 is 22.8. The van der Waals surface area contributed by atoms with Crippen molar-refractivity contribution in [3.63, 3.8) is 0 Å². The largest absolute Gasteiger partial charge is 0.464 e. The average Bonchev–Trinajstić information content (AvgIpc) is 2.15. The highest BCUT2D eigenvalue weighted by Crippen LogP contribution is 2.21. The summed E-state index contributed by atoms with van der Waals surface area (Å²) in [4.78, 5) is 0. The Morgan fingerprint density at radius 2 is 2.21 bits per heavy atom. The normalized spacial score (nSPS) is 12.6. The molecule has 0 saturated carbocycles. The van der Waals surface area contributed by atoms with E-state index < -0.39 is 11.9 Å². The SMILES string of the molecule is COCOc1ccc([C@H](C)O)cc1F. The van der Waals surface area contributed by atoms with Gasteiger partial charge in [0, 0.05) is 7.11 Å². The Bertz CT molecular complexity index is 299. The quantitative estimate of drug-likeness (QED) is 0.754. The maximum Gasteiger partial charge on any atom is 0.188 e. The van der Waals surface area contributed by atoms with E-state index in [9.17, 15) is 9.50 Å². The number of ether oxygens (including phenoxy) is 2. The summed E-state index contributed by atoms with van der Waals surface area (Å²) >= 11 is 0. The number of aliphatic hydroxyl groups is 1. The maximum atomic E-state index is 13.2. The number of halogens is 1. The fourth-order valence-electron chi connectivity index (χ4n) is 1.02. The Kier molecular flexibility index (Phi) is 3.85. The summed E-state index contributed by atoms with van der Waals surface area (Å²) in [6.07, 6.45) is -0.680. The van der Waals surface area contributed by atoms with Gasteiger partial charge in [-0.3, -0.25) is 0 Å². The molecule has 1 rings (SSSR count). The second-order valence-electron chi connectivity index (χ2n) is 2.92. The van der Waals surface area contributed by atoms with Crippen LogP contribution in [0.4, 0.5) is 4.39 Å². The van der Waals surface area contributed by atoms with Crippen LogP contribution >= 0.6 is 0 Å². The zero-order valence-electron chi connectivity index (χ0n) is 8.16. The van der Waals surface area contributed by atoms with Gasteiger partial charge in [-0.2, -0.15) is 0 Å². The summed E-state index contributed by atoms with van der Waals surface area (Å²) in [7, 11) is 1.46. The molecule has 0 aliphatic carbocycles. The van der Waals surface area contributed by atoms with Gasteiger partial charge in [0.2, 0.25) is 0 Å². The lowest BCUT2D eigenvalue weighted by molar-refractivity contribution is 0.0482. The summed E-state index contributed by atoms with van der Waals surface area (Å²) in [6.45, 7) is 1.58. The van der Waals surface area contributed by atoms with Crippen molar-refractivity contribution >= 4 is 0 Å². The highest BCUT2D eigenvalue weighted by molar-refractivity contribution is 5.30. The molecule has 0 heterocycles. The third-order valence-corrected chi connectivity index (χ3v) is 1.77. The Morgan fingerprint density at radius 1 is 1.50 bits per heavy atom. The van der Waals surface area contributed by atoms with Gasteiger partial charge in [0.1, 0.15) is 0 Å². The predicted molar refractivity (Wildman–Crippen MR) is 49.5 cm³/mol. The molecule has 0 bridgehead atoms. The van der Waals surface area contributed by atoms with Gasteiger partial charge in [0.05, 0.1) is 6.10 Å². The summed E-state index contributed by atoms with van der Waals surface area (Å²) in [5.74, 6) is -0.378. The molecule has 0 saturated heterocycles. The summed E-state index contributed by atoms with van der Waals surface area (Å²) in [5, 5.41) is 9.18. The van der Waals surface area contributed by atoms with Crippen LogP contribution in [-0.4, -0.2) is 19.0 Å². The van der Waals surface area contributed by atoms with Crippen LogP contribution in [0.3, 0.4) is 0 Å². The van der Waals surface area contributed by atoms with E-state index >= 15 is 0 Å². The van der Waals surface area contributed by atoms with Crippen molar-refractivity contribution in [3.8, 4) is 5.75 Å². The lowest BCUT2D eigenvalue weighted by atomic mass is 10.1. The minimum atomic E-state index is -0.680. The van der Waals surface area contributed by atoms with Crippen LogP contribution in [-0.2, 0) is 4.74 Å². The van der Waals surface area contributed by atoms with E-state index in [1.165, 1.54) is 19.2 Å². The molecule has 1 atom stereocenters. The van der Waals surface area contributed by atoms with Gasteiger partial charge < -0.3 is 14.6 Å². The zero-order valence-corrected chi connectivity index (χ0v) is 8.16. The number of hydrogen-bond donors (Lipinski definition) is 1. The van der Waals surface area contributed by atoms with Crippen molar-refractivity contribution in [2.75, 3.05) is 13.9 Å². The minimum Gasteiger partial charge on any atom is -0.464 e. The average molecular weight is 200 g/mol. The molecular weight excluding hydrogens is 187 g/mol. The Balaban J connectivity index is 2.79. The molecule has 1 N–H and O–H groups in total. The Labute approximate surface area is 82.1 Å². The first kappa shape index (κ1) is 10.9. The Hall–Kier alpha value is -1.13. The second-order valence-corrected chi connectivity index (χ2v) is 2.92. The summed E-state index contributed by atoms with van der Waals surface area (Å²) in [6, 6.07) is 4.32. The monoisotopic (exact) mass is 200 g/mol. The molecule has 3 nitrogen and oxygen atoms in total. The predicted octanol–water partition coefficient (Wildman–Crippen LogP) is 1.86. The fourth-order valence-corrected chi connectivity index (χ4v) is 1.02. The second kappa shape index (κ2) is 4.93. The third-order valence-electron chi connectivity index (χ3n) is 1.77. The molecule has 0 aliphatic heterocycles. The van der Waals surface area contributed by atoms with Gasteiger partial charge in [0.25, 0.3) is 0 Å². The molecule has 0 spiro atoms. The molecule has 0 fully saturated rings. The third kappa shape index (κ3) is 2.68. The Morgan fingerprint density at radius 3 is 2.71 bits per heavy atom. The van der Waals surface area contributed by atoms with Gasteiger partial charge >= 0.3 is 0 Å². The van der Waals surface area contributed by atoms with Crippen LogP contribution in [0.25, 0.3) is 0 Å². The minimum absolute atomic E-state index is 0.00491. The van der Waals surface area contributed by atoms with Crippen molar-refractivity contribution in [3.05, 3.63) is 29.6 Å². The van der Waals surface area contributed by atoms with E-state index in [1.807, 2.05) is 0 Å². The van der Waals surface area contributed by atoms with Crippen molar-refractivity contribution in [1.82, 2.24) is 0 Å². The fraction of sp³-hybridized carbons (Fsp3) is 0.400. The lowest BCUT2D eigenvalue weighted by Crippen LogP contribution is -2.01. The number of hydrogen-bond acceptors (Lipinski definition) is 3. The zero-order chi connectivity index (χ0) is 10.6. The van der Waals surface area contributed by atoms with Crippen LogP contribution < -0.4 is 4.74 Å². The van der Waals surface area contributed by atoms with Gasteiger partial charge in [-0.25, -0.2) is 4.39 Å². The molecule has 4 heteroatoms. The highest BCUT2D eigenvalue weighted by Gasteiger charge is 2.07. The van der Waals surface area contributed by atoms with Crippen LogP contribution in [0, 0.1) is 5.82 Å². The topological polar surface area (TPSA) is 38.7 Å². The lowest BCUT2D eigenvalue weighted by Gasteiger charge is -2.08. The molecule has 0 aliphatic rings. The number of rotatable bonds is 4. The van der Waals surface area contributed by atoms with Crippen molar-refractivity contribution < 1.29 is 19.0 Å². The molecule has 14 heavy (non-hydrogen) atoms. The first-order chi connectivity index (χ1) is 6.65. The van der Waals surface area contributed by atoms with Crippen molar-refractivity contribution in [1.29, 1.82) is 0 Å². The van der Waals surface area contributed by atoms with E-state index in [2.05, 4.69) is 4.74 Å². The van der Waals surface area contributed by atoms with E-state index in [1.54, 1.807) is 13.0 Å². The van der Waals surface area contributed by atoms with Gasteiger partial charge in [-0.1, -0.05) is 6.07 Å². The van der Waals surface area contributed by atoms with Crippen molar-refractivity contribution in [2.24, 2.45) is 0 Å². The van der Waals surface area contributed by atoms with E-state index in [0.29, 0.717) is 5.56 Å². The van der Waals surface area contributed by atoms with Crippen LogP contribution in [0.5, 0.6) is 5.75 Å². The molecule has 1 aromatic carbocycles. The number of methoxy groups -OCH3 is 1. The molecule has 0 radical (unpaired) electrons. The van der Waals surface area contributed by atoms with Crippen LogP contribution in [0.2, 0.25) is 0 Å². The van der Waals surface area contributed by atoms with E-state index in [-0.39, 0.29) is 12.5 Å². The summed E-state index contributed by atoms with van der Waals surface area (Å²) in [5.41, 5.74) is 0.521. The maximum absolute atomic E-state index is 13.2. The molecular formula is C10H13FO3. The smallest absolute Gasteiger partial charge is 0.188 e. The number of benzene rings is 1. The first-order valence-electron chi connectivity index (χ1n) is 4.24. The molecule has 0 aromatic heterocycles. The first-order valence-corrected chi connectivity index (χ1v) is 4.24.